The molecule has 1 atom stereocenters. The zero-order valence-electron chi connectivity index (χ0n) is 15.4. The molecule has 1 saturated carbocycles. The van der Waals surface area contributed by atoms with Crippen LogP contribution in [0.3, 0.4) is 0 Å². The van der Waals surface area contributed by atoms with Crippen LogP contribution in [-0.2, 0) is 11.2 Å². The summed E-state index contributed by atoms with van der Waals surface area (Å²) in [5, 5.41) is 4.09. The lowest BCUT2D eigenvalue weighted by molar-refractivity contribution is -0.140. The average Bonchev–Trinajstić information content (AvgIpc) is 3.02. The van der Waals surface area contributed by atoms with Crippen LogP contribution in [0.1, 0.15) is 51.0 Å². The zero-order chi connectivity index (χ0) is 17.8. The second-order valence-electron chi connectivity index (χ2n) is 7.05. The maximum atomic E-state index is 12.7. The van der Waals surface area contributed by atoms with Gasteiger partial charge in [-0.2, -0.15) is 4.98 Å². The normalized spacial score (nSPS) is 15.6. The van der Waals surface area contributed by atoms with E-state index in [1.54, 1.807) is 0 Å². The van der Waals surface area contributed by atoms with E-state index in [-0.39, 0.29) is 12.0 Å². The van der Waals surface area contributed by atoms with Gasteiger partial charge < -0.3 is 9.42 Å². The van der Waals surface area contributed by atoms with Gasteiger partial charge in [-0.1, -0.05) is 42.3 Å². The van der Waals surface area contributed by atoms with Gasteiger partial charge in [0.25, 0.3) is 0 Å². The Hall–Kier alpha value is -2.17. The molecule has 0 saturated heterocycles. The molecule has 25 heavy (non-hydrogen) atoms. The second-order valence-corrected chi connectivity index (χ2v) is 7.05. The van der Waals surface area contributed by atoms with Gasteiger partial charge in [0.05, 0.1) is 0 Å². The van der Waals surface area contributed by atoms with Crippen LogP contribution in [0.2, 0.25) is 0 Å². The Balaban J connectivity index is 1.65. The highest BCUT2D eigenvalue weighted by Crippen LogP contribution is 2.29. The fourth-order valence-electron chi connectivity index (χ4n) is 3.13. The Morgan fingerprint density at radius 1 is 1.40 bits per heavy atom. The molecule has 0 unspecified atom stereocenters. The van der Waals surface area contributed by atoms with Gasteiger partial charge in [0.15, 0.2) is 0 Å². The molecule has 1 fully saturated rings. The largest absolute Gasteiger partial charge is 0.339 e. The van der Waals surface area contributed by atoms with E-state index in [2.05, 4.69) is 24.0 Å². The standard InChI is InChI=1S/C20H27N3O2/c1-4-15(3)23(20(24)16-8-6-9-16)12-11-18-21-19(22-25-18)17-10-5-7-14(2)13-17/h5,7,10,13,15-16H,4,6,8-9,11-12H2,1-3H3/t15-/m1/s1. The number of aromatic nitrogens is 2. The predicted molar refractivity (Wildman–Crippen MR) is 97.0 cm³/mol. The van der Waals surface area contributed by atoms with Gasteiger partial charge in [-0.25, -0.2) is 0 Å². The summed E-state index contributed by atoms with van der Waals surface area (Å²) in [4.78, 5) is 19.2. The van der Waals surface area contributed by atoms with Crippen molar-refractivity contribution in [2.45, 2.75) is 58.9 Å². The maximum Gasteiger partial charge on any atom is 0.228 e. The third kappa shape index (κ3) is 4.09. The number of hydrogen-bond acceptors (Lipinski definition) is 4. The molecular formula is C20H27N3O2. The van der Waals surface area contributed by atoms with E-state index in [0.717, 1.165) is 30.4 Å². The number of nitrogens with zero attached hydrogens (tertiary/aromatic N) is 3. The van der Waals surface area contributed by atoms with Crippen molar-refractivity contribution in [3.63, 3.8) is 0 Å². The second kappa shape index (κ2) is 7.81. The quantitative estimate of drug-likeness (QED) is 0.763. The summed E-state index contributed by atoms with van der Waals surface area (Å²) >= 11 is 0. The SMILES string of the molecule is CC[C@@H](C)N(CCc1nc(-c2cccc(C)c2)no1)C(=O)C1CCC1. The molecule has 0 radical (unpaired) electrons. The number of aryl methyl sites for hydroxylation is 1. The monoisotopic (exact) mass is 341 g/mol. The van der Waals surface area contributed by atoms with Crippen LogP contribution < -0.4 is 0 Å². The molecular weight excluding hydrogens is 314 g/mol. The van der Waals surface area contributed by atoms with Gasteiger partial charge in [-0.3, -0.25) is 4.79 Å². The van der Waals surface area contributed by atoms with Crippen LogP contribution >= 0.6 is 0 Å². The van der Waals surface area contributed by atoms with Crippen molar-refractivity contribution in [2.75, 3.05) is 6.54 Å². The molecule has 5 nitrogen and oxygen atoms in total. The predicted octanol–water partition coefficient (Wildman–Crippen LogP) is 4.01. The minimum atomic E-state index is 0.222. The number of rotatable bonds is 7. The molecule has 134 valence electrons. The summed E-state index contributed by atoms with van der Waals surface area (Å²) in [5.41, 5.74) is 2.12. The molecule has 1 aliphatic carbocycles. The molecule has 1 amide bonds. The molecule has 0 aliphatic heterocycles. The van der Waals surface area contributed by atoms with Gasteiger partial charge in [-0.15, -0.1) is 0 Å². The van der Waals surface area contributed by atoms with E-state index in [1.807, 2.05) is 36.1 Å². The highest BCUT2D eigenvalue weighted by Gasteiger charge is 2.31. The third-order valence-electron chi connectivity index (χ3n) is 5.17. The van der Waals surface area contributed by atoms with Gasteiger partial charge in [0, 0.05) is 30.5 Å². The van der Waals surface area contributed by atoms with E-state index in [1.165, 1.54) is 6.42 Å². The minimum absolute atomic E-state index is 0.222. The van der Waals surface area contributed by atoms with Crippen LogP contribution in [0.15, 0.2) is 28.8 Å². The van der Waals surface area contributed by atoms with E-state index in [4.69, 9.17) is 4.52 Å². The Kier molecular flexibility index (Phi) is 5.51. The van der Waals surface area contributed by atoms with Gasteiger partial charge >= 0.3 is 0 Å². The summed E-state index contributed by atoms with van der Waals surface area (Å²) in [6.45, 7) is 6.91. The Morgan fingerprint density at radius 3 is 2.84 bits per heavy atom. The Labute approximate surface area is 149 Å². The number of hydrogen-bond donors (Lipinski definition) is 0. The van der Waals surface area contributed by atoms with Crippen molar-refractivity contribution in [1.82, 2.24) is 15.0 Å². The molecule has 5 heteroatoms. The van der Waals surface area contributed by atoms with Crippen molar-refractivity contribution < 1.29 is 9.32 Å². The molecule has 0 spiro atoms. The Bertz CT molecular complexity index is 721. The number of benzene rings is 1. The topological polar surface area (TPSA) is 59.2 Å². The first-order valence-electron chi connectivity index (χ1n) is 9.28. The molecule has 3 rings (SSSR count). The van der Waals surface area contributed by atoms with Crippen LogP contribution in [-0.4, -0.2) is 33.5 Å². The van der Waals surface area contributed by atoms with Gasteiger partial charge in [0.1, 0.15) is 0 Å². The summed E-state index contributed by atoms with van der Waals surface area (Å²) in [6.07, 6.45) is 4.79. The lowest BCUT2D eigenvalue weighted by atomic mass is 9.84. The van der Waals surface area contributed by atoms with Crippen molar-refractivity contribution in [2.24, 2.45) is 5.92 Å². The first-order valence-corrected chi connectivity index (χ1v) is 9.28. The highest BCUT2D eigenvalue weighted by molar-refractivity contribution is 5.79. The van der Waals surface area contributed by atoms with E-state index in [0.29, 0.717) is 30.6 Å². The highest BCUT2D eigenvalue weighted by atomic mass is 16.5. The van der Waals surface area contributed by atoms with Crippen LogP contribution in [0, 0.1) is 12.8 Å². The number of amides is 1. The summed E-state index contributed by atoms with van der Waals surface area (Å²) < 4.78 is 5.40. The lowest BCUT2D eigenvalue weighted by Crippen LogP contribution is -2.44. The third-order valence-corrected chi connectivity index (χ3v) is 5.17. The zero-order valence-corrected chi connectivity index (χ0v) is 15.4. The summed E-state index contributed by atoms with van der Waals surface area (Å²) in [6, 6.07) is 8.30. The molecule has 1 aromatic carbocycles. The average molecular weight is 341 g/mol. The maximum absolute atomic E-state index is 12.7. The Morgan fingerprint density at radius 2 is 2.20 bits per heavy atom. The molecule has 1 aromatic heterocycles. The molecule has 2 aromatic rings. The molecule has 1 aliphatic rings. The number of carbonyl (C=O) groups is 1. The molecule has 1 heterocycles. The van der Waals surface area contributed by atoms with Crippen LogP contribution in [0.5, 0.6) is 0 Å². The first-order chi connectivity index (χ1) is 12.1. The first kappa shape index (κ1) is 17.6. The van der Waals surface area contributed by atoms with Crippen LogP contribution in [0.25, 0.3) is 11.4 Å². The van der Waals surface area contributed by atoms with Crippen LogP contribution in [0.4, 0.5) is 0 Å². The summed E-state index contributed by atoms with van der Waals surface area (Å²) in [7, 11) is 0. The van der Waals surface area contributed by atoms with Crippen molar-refractivity contribution in [3.8, 4) is 11.4 Å². The lowest BCUT2D eigenvalue weighted by Gasteiger charge is -2.35. The van der Waals surface area contributed by atoms with Crippen molar-refractivity contribution in [3.05, 3.63) is 35.7 Å². The van der Waals surface area contributed by atoms with Crippen molar-refractivity contribution >= 4 is 5.91 Å². The summed E-state index contributed by atoms with van der Waals surface area (Å²) in [5.74, 6) is 1.71. The van der Waals surface area contributed by atoms with E-state index >= 15 is 0 Å². The number of carbonyl (C=O) groups excluding carboxylic acids is 1. The van der Waals surface area contributed by atoms with Crippen molar-refractivity contribution in [1.29, 1.82) is 0 Å². The molecule has 0 N–H and O–H groups in total. The van der Waals surface area contributed by atoms with Gasteiger partial charge in [-0.05, 0) is 39.2 Å². The van der Waals surface area contributed by atoms with E-state index < -0.39 is 0 Å². The van der Waals surface area contributed by atoms with Gasteiger partial charge in [0.2, 0.25) is 17.6 Å². The smallest absolute Gasteiger partial charge is 0.228 e. The fraction of sp³-hybridized carbons (Fsp3) is 0.550. The minimum Gasteiger partial charge on any atom is -0.339 e. The van der Waals surface area contributed by atoms with E-state index in [9.17, 15) is 4.79 Å². The molecule has 0 bridgehead atoms. The fourth-order valence-corrected chi connectivity index (χ4v) is 3.13.